The molecular formula is C18H25N5O. The van der Waals surface area contributed by atoms with Gasteiger partial charge in [0.1, 0.15) is 5.52 Å². The third-order valence-electron chi connectivity index (χ3n) is 5.51. The first-order valence-electron chi connectivity index (χ1n) is 8.85. The number of oxazole rings is 1. The SMILES string of the molecule is C[C@H]1[C@H](C)CCC[C@@H]1N1CN=C(Nc2nc3ccccc3o2)NC1. The molecule has 1 saturated carbocycles. The molecule has 6 heteroatoms. The lowest BCUT2D eigenvalue weighted by atomic mass is 9.77. The van der Waals surface area contributed by atoms with Gasteiger partial charge in [-0.25, -0.2) is 4.99 Å². The Morgan fingerprint density at radius 3 is 2.92 bits per heavy atom. The summed E-state index contributed by atoms with van der Waals surface area (Å²) in [6.07, 6.45) is 3.95. The van der Waals surface area contributed by atoms with Gasteiger partial charge in [-0.2, -0.15) is 4.98 Å². The molecule has 0 bridgehead atoms. The predicted molar refractivity (Wildman–Crippen MR) is 95.7 cm³/mol. The molecule has 1 aromatic carbocycles. The van der Waals surface area contributed by atoms with Crippen molar-refractivity contribution in [2.24, 2.45) is 16.8 Å². The van der Waals surface area contributed by atoms with Crippen LogP contribution in [0.1, 0.15) is 33.1 Å². The van der Waals surface area contributed by atoms with Crippen molar-refractivity contribution in [2.75, 3.05) is 18.7 Å². The van der Waals surface area contributed by atoms with Crippen LogP contribution in [0.4, 0.5) is 6.01 Å². The maximum absolute atomic E-state index is 5.69. The van der Waals surface area contributed by atoms with Gasteiger partial charge in [0.15, 0.2) is 5.58 Å². The third-order valence-corrected chi connectivity index (χ3v) is 5.51. The third kappa shape index (κ3) is 2.98. The van der Waals surface area contributed by atoms with Crippen LogP contribution < -0.4 is 10.6 Å². The highest BCUT2D eigenvalue weighted by molar-refractivity contribution is 5.93. The lowest BCUT2D eigenvalue weighted by molar-refractivity contribution is 0.0771. The number of fused-ring (bicyclic) bond motifs is 1. The van der Waals surface area contributed by atoms with Crippen LogP contribution in [-0.2, 0) is 0 Å². The van der Waals surface area contributed by atoms with Gasteiger partial charge in [0, 0.05) is 6.04 Å². The zero-order chi connectivity index (χ0) is 16.5. The van der Waals surface area contributed by atoms with Crippen LogP contribution in [0.3, 0.4) is 0 Å². The van der Waals surface area contributed by atoms with Gasteiger partial charge >= 0.3 is 6.01 Å². The summed E-state index contributed by atoms with van der Waals surface area (Å²) in [7, 11) is 0. The van der Waals surface area contributed by atoms with Crippen LogP contribution in [0.15, 0.2) is 33.7 Å². The number of nitrogens with zero attached hydrogens (tertiary/aromatic N) is 3. The molecule has 1 aliphatic heterocycles. The van der Waals surface area contributed by atoms with Gasteiger partial charge in [-0.3, -0.25) is 10.2 Å². The van der Waals surface area contributed by atoms with Gasteiger partial charge in [-0.15, -0.1) is 0 Å². The van der Waals surface area contributed by atoms with Crippen molar-refractivity contribution in [3.8, 4) is 0 Å². The van der Waals surface area contributed by atoms with E-state index in [2.05, 4.69) is 39.4 Å². The van der Waals surface area contributed by atoms with Crippen molar-refractivity contribution < 1.29 is 4.42 Å². The molecule has 128 valence electrons. The summed E-state index contributed by atoms with van der Waals surface area (Å²) in [5.74, 6) is 2.25. The first-order chi connectivity index (χ1) is 11.7. The quantitative estimate of drug-likeness (QED) is 0.886. The summed E-state index contributed by atoms with van der Waals surface area (Å²) >= 11 is 0. The lowest BCUT2D eigenvalue weighted by Gasteiger charge is -2.42. The van der Waals surface area contributed by atoms with E-state index in [1.807, 2.05) is 24.3 Å². The molecule has 0 amide bonds. The van der Waals surface area contributed by atoms with Crippen LogP contribution in [0.25, 0.3) is 11.1 Å². The Morgan fingerprint density at radius 1 is 1.25 bits per heavy atom. The van der Waals surface area contributed by atoms with E-state index < -0.39 is 0 Å². The van der Waals surface area contributed by atoms with Gasteiger partial charge in [0.2, 0.25) is 5.96 Å². The first-order valence-corrected chi connectivity index (χ1v) is 8.85. The zero-order valence-corrected chi connectivity index (χ0v) is 14.3. The molecule has 1 aliphatic carbocycles. The van der Waals surface area contributed by atoms with Crippen LogP contribution >= 0.6 is 0 Å². The van der Waals surface area contributed by atoms with Crippen molar-refractivity contribution in [1.82, 2.24) is 15.2 Å². The number of guanidine groups is 1. The summed E-state index contributed by atoms with van der Waals surface area (Å²) in [6.45, 7) is 6.28. The summed E-state index contributed by atoms with van der Waals surface area (Å²) in [5, 5.41) is 6.51. The summed E-state index contributed by atoms with van der Waals surface area (Å²) in [4.78, 5) is 11.5. The second-order valence-corrected chi connectivity index (χ2v) is 7.02. The van der Waals surface area contributed by atoms with Gasteiger partial charge in [-0.05, 0) is 30.4 Å². The van der Waals surface area contributed by atoms with Crippen LogP contribution in [0.2, 0.25) is 0 Å². The maximum atomic E-state index is 5.69. The van der Waals surface area contributed by atoms with Gasteiger partial charge < -0.3 is 9.73 Å². The number of aliphatic imine (C=N–C) groups is 1. The number of para-hydroxylation sites is 2. The number of hydrogen-bond donors (Lipinski definition) is 2. The molecule has 3 atom stereocenters. The average Bonchev–Trinajstić information content (AvgIpc) is 3.00. The minimum absolute atomic E-state index is 0.482. The van der Waals surface area contributed by atoms with E-state index in [9.17, 15) is 0 Å². The molecular weight excluding hydrogens is 302 g/mol. The van der Waals surface area contributed by atoms with E-state index in [1.54, 1.807) is 0 Å². The number of aromatic nitrogens is 1. The fourth-order valence-electron chi connectivity index (χ4n) is 3.85. The summed E-state index contributed by atoms with van der Waals surface area (Å²) < 4.78 is 5.69. The standard InChI is InChI=1S/C18H25N5O/c1-12-6-5-8-15(13(12)2)23-10-19-17(20-11-23)22-18-21-14-7-3-4-9-16(14)24-18/h3-4,7,9,12-13,15H,5-6,8,10-11H2,1-2H3,(H2,19,20,21,22)/t12-,13+,15+/m1/s1. The van der Waals surface area contributed by atoms with Gasteiger partial charge in [0.05, 0.1) is 13.3 Å². The van der Waals surface area contributed by atoms with Crippen LogP contribution in [-0.4, -0.2) is 35.2 Å². The van der Waals surface area contributed by atoms with Gasteiger partial charge in [0.25, 0.3) is 0 Å². The molecule has 0 spiro atoms. The number of rotatable bonds is 2. The molecule has 0 unspecified atom stereocenters. The topological polar surface area (TPSA) is 65.7 Å². The molecule has 2 aromatic rings. The maximum Gasteiger partial charge on any atom is 0.302 e. The second-order valence-electron chi connectivity index (χ2n) is 7.02. The van der Waals surface area contributed by atoms with E-state index in [-0.39, 0.29) is 0 Å². The molecule has 24 heavy (non-hydrogen) atoms. The van der Waals surface area contributed by atoms with Crippen LogP contribution in [0.5, 0.6) is 0 Å². The number of benzene rings is 1. The highest BCUT2D eigenvalue weighted by Crippen LogP contribution is 2.32. The molecule has 1 fully saturated rings. The van der Waals surface area contributed by atoms with Crippen molar-refractivity contribution in [2.45, 2.75) is 39.2 Å². The fourth-order valence-corrected chi connectivity index (χ4v) is 3.85. The normalized spacial score (nSPS) is 28.4. The Labute approximate surface area is 142 Å². The number of anilines is 1. The van der Waals surface area contributed by atoms with E-state index in [0.717, 1.165) is 42.2 Å². The van der Waals surface area contributed by atoms with Crippen LogP contribution in [0, 0.1) is 11.8 Å². The Hall–Kier alpha value is -2.08. The smallest absolute Gasteiger partial charge is 0.302 e. The number of nitrogens with one attached hydrogen (secondary N) is 2. The molecule has 2 N–H and O–H groups in total. The monoisotopic (exact) mass is 327 g/mol. The summed E-state index contributed by atoms with van der Waals surface area (Å²) in [5.41, 5.74) is 1.63. The van der Waals surface area contributed by atoms with E-state index in [0.29, 0.717) is 12.1 Å². The molecule has 2 aliphatic rings. The Kier molecular flexibility index (Phi) is 4.14. The van der Waals surface area contributed by atoms with E-state index in [4.69, 9.17) is 4.42 Å². The molecule has 0 saturated heterocycles. The van der Waals surface area contributed by atoms with E-state index >= 15 is 0 Å². The van der Waals surface area contributed by atoms with Crippen molar-refractivity contribution in [3.05, 3.63) is 24.3 Å². The number of hydrogen-bond acceptors (Lipinski definition) is 6. The highest BCUT2D eigenvalue weighted by Gasteiger charge is 2.32. The fraction of sp³-hybridized carbons (Fsp3) is 0.556. The minimum atomic E-state index is 0.482. The zero-order valence-electron chi connectivity index (χ0n) is 14.3. The van der Waals surface area contributed by atoms with Gasteiger partial charge in [-0.1, -0.05) is 38.8 Å². The first kappa shape index (κ1) is 15.4. The molecule has 0 radical (unpaired) electrons. The molecule has 2 heterocycles. The Bertz CT molecular complexity index is 707. The Balaban J connectivity index is 1.41. The van der Waals surface area contributed by atoms with E-state index in [1.165, 1.54) is 19.3 Å². The molecule has 6 nitrogen and oxygen atoms in total. The van der Waals surface area contributed by atoms with Crippen molar-refractivity contribution in [3.63, 3.8) is 0 Å². The Morgan fingerprint density at radius 2 is 2.12 bits per heavy atom. The molecule has 4 rings (SSSR count). The molecule has 1 aromatic heterocycles. The summed E-state index contributed by atoms with van der Waals surface area (Å²) in [6, 6.07) is 8.85. The van der Waals surface area contributed by atoms with Crippen molar-refractivity contribution >= 4 is 23.1 Å². The van der Waals surface area contributed by atoms with Crippen molar-refractivity contribution in [1.29, 1.82) is 0 Å². The highest BCUT2D eigenvalue weighted by atomic mass is 16.4. The lowest BCUT2D eigenvalue weighted by Crippen LogP contribution is -2.53. The minimum Gasteiger partial charge on any atom is -0.423 e. The average molecular weight is 327 g/mol. The largest absolute Gasteiger partial charge is 0.423 e. The second kappa shape index (κ2) is 6.43. The predicted octanol–water partition coefficient (Wildman–Crippen LogP) is 3.24.